The highest BCUT2D eigenvalue weighted by Gasteiger charge is 2.69. The van der Waals surface area contributed by atoms with Gasteiger partial charge >= 0.3 is 5.97 Å². The summed E-state index contributed by atoms with van der Waals surface area (Å²) < 4.78 is 35.8. The van der Waals surface area contributed by atoms with Gasteiger partial charge in [-0.1, -0.05) is 26.0 Å². The lowest BCUT2D eigenvalue weighted by atomic mass is 9.58. The fraction of sp³-hybridized carbons (Fsp3) is 0.581. The van der Waals surface area contributed by atoms with E-state index in [0.717, 1.165) is 25.7 Å². The Kier molecular flexibility index (Phi) is 7.19. The third-order valence-electron chi connectivity index (χ3n) is 9.10. The minimum Gasteiger partial charge on any atom is -0.493 e. The van der Waals surface area contributed by atoms with Gasteiger partial charge in [0.1, 0.15) is 11.5 Å². The van der Waals surface area contributed by atoms with E-state index >= 15 is 0 Å². The van der Waals surface area contributed by atoms with Crippen LogP contribution in [0.15, 0.2) is 48.5 Å². The third-order valence-corrected chi connectivity index (χ3v) is 9.10. The predicted octanol–water partition coefficient (Wildman–Crippen LogP) is 5.65. The Hall–Kier alpha value is -2.85. The molecular formula is C31H38O9. The number of rotatable bonds is 7. The number of para-hydroxylation sites is 2. The molecule has 1 saturated carbocycles. The molecule has 0 aromatic heterocycles. The molecule has 0 N–H and O–H groups in total. The number of hydrogen-bond acceptors (Lipinski definition) is 9. The first kappa shape index (κ1) is 27.3. The summed E-state index contributed by atoms with van der Waals surface area (Å²) in [6.45, 7) is 8.01. The Morgan fingerprint density at radius 1 is 0.950 bits per heavy atom. The molecule has 9 heteroatoms. The van der Waals surface area contributed by atoms with Crippen molar-refractivity contribution in [3.63, 3.8) is 0 Å². The standard InChI is InChI=1S/C31H38O9/c1-18-10-15-24-19(2)28(37-29-31(24)23(18)16-17-30(4,38-29)39-40-31)35-22-13-11-21(12-14-22)34-20(3)27(32)36-26-9-7-6-8-25(26)33-5/h6-9,11-14,18-20,23-24,28-29H,10,15-17H2,1-5H3/t18-,19-,20?,23+,24+,28+,29-,30+,31-/m1/s1. The molecule has 9 nitrogen and oxygen atoms in total. The number of benzene rings is 2. The summed E-state index contributed by atoms with van der Waals surface area (Å²) in [4.78, 5) is 24.7. The number of carbonyl (C=O) groups excluding carboxylic acids is 1. The van der Waals surface area contributed by atoms with Crippen LogP contribution in [0.25, 0.3) is 0 Å². The van der Waals surface area contributed by atoms with Crippen molar-refractivity contribution in [2.75, 3.05) is 7.11 Å². The second kappa shape index (κ2) is 10.5. The monoisotopic (exact) mass is 554 g/mol. The number of fused-ring (bicyclic) bond motifs is 2. The van der Waals surface area contributed by atoms with Gasteiger partial charge in [-0.05, 0) is 81.3 Å². The average molecular weight is 555 g/mol. The van der Waals surface area contributed by atoms with Crippen LogP contribution < -0.4 is 18.9 Å². The maximum Gasteiger partial charge on any atom is 0.352 e. The van der Waals surface area contributed by atoms with Crippen molar-refractivity contribution >= 4 is 5.97 Å². The molecule has 0 amide bonds. The zero-order chi connectivity index (χ0) is 28.1. The highest BCUT2D eigenvalue weighted by atomic mass is 17.3. The predicted molar refractivity (Wildman–Crippen MR) is 143 cm³/mol. The highest BCUT2D eigenvalue weighted by molar-refractivity contribution is 5.77. The van der Waals surface area contributed by atoms with Crippen LogP contribution in [0.5, 0.6) is 23.0 Å². The number of methoxy groups -OCH3 is 1. The molecule has 4 saturated heterocycles. The lowest BCUT2D eigenvalue weighted by Crippen LogP contribution is -2.70. The van der Waals surface area contributed by atoms with Gasteiger partial charge in [0.25, 0.3) is 0 Å². The van der Waals surface area contributed by atoms with Crippen molar-refractivity contribution in [1.29, 1.82) is 0 Å². The Balaban J connectivity index is 1.12. The zero-order valence-electron chi connectivity index (χ0n) is 23.7. The van der Waals surface area contributed by atoms with Gasteiger partial charge in [0.05, 0.1) is 7.11 Å². The van der Waals surface area contributed by atoms with Gasteiger partial charge in [-0.25, -0.2) is 14.6 Å². The lowest BCUT2D eigenvalue weighted by molar-refractivity contribution is -0.575. The van der Waals surface area contributed by atoms with Crippen LogP contribution in [0.4, 0.5) is 0 Å². The van der Waals surface area contributed by atoms with Crippen LogP contribution in [-0.2, 0) is 24.0 Å². The van der Waals surface area contributed by atoms with Crippen LogP contribution in [0.3, 0.4) is 0 Å². The van der Waals surface area contributed by atoms with Crippen molar-refractivity contribution in [3.8, 4) is 23.0 Å². The molecular weight excluding hydrogens is 516 g/mol. The summed E-state index contributed by atoms with van der Waals surface area (Å²) in [5.41, 5.74) is -0.626. The van der Waals surface area contributed by atoms with Gasteiger partial charge in [0.2, 0.25) is 12.1 Å². The molecule has 1 aliphatic carbocycles. The largest absolute Gasteiger partial charge is 0.493 e. The van der Waals surface area contributed by atoms with Crippen molar-refractivity contribution < 1.29 is 43.0 Å². The fourth-order valence-electron chi connectivity index (χ4n) is 6.88. The first-order valence-electron chi connectivity index (χ1n) is 14.2. The molecule has 4 aliphatic heterocycles. The van der Waals surface area contributed by atoms with Crippen LogP contribution >= 0.6 is 0 Å². The molecule has 9 atom stereocenters. The minimum atomic E-state index is -0.831. The molecule has 5 aliphatic rings. The van der Waals surface area contributed by atoms with Gasteiger partial charge in [-0.15, -0.1) is 0 Å². The zero-order valence-corrected chi connectivity index (χ0v) is 23.7. The molecule has 5 fully saturated rings. The van der Waals surface area contributed by atoms with Crippen LogP contribution in [0, 0.1) is 23.7 Å². The topological polar surface area (TPSA) is 90.9 Å². The van der Waals surface area contributed by atoms with E-state index < -0.39 is 36.0 Å². The molecule has 2 aromatic rings. The van der Waals surface area contributed by atoms with Crippen LogP contribution in [0.2, 0.25) is 0 Å². The van der Waals surface area contributed by atoms with E-state index in [9.17, 15) is 4.79 Å². The summed E-state index contributed by atoms with van der Waals surface area (Å²) in [6, 6.07) is 14.1. The van der Waals surface area contributed by atoms with E-state index in [-0.39, 0.29) is 11.8 Å². The van der Waals surface area contributed by atoms with Gasteiger partial charge in [0, 0.05) is 18.3 Å². The summed E-state index contributed by atoms with van der Waals surface area (Å²) in [5, 5.41) is 0. The second-order valence-electron chi connectivity index (χ2n) is 11.7. The van der Waals surface area contributed by atoms with E-state index in [0.29, 0.717) is 34.8 Å². The first-order valence-corrected chi connectivity index (χ1v) is 14.2. The normalized spacial score (nSPS) is 37.0. The maximum atomic E-state index is 12.6. The summed E-state index contributed by atoms with van der Waals surface area (Å²) >= 11 is 0. The molecule has 1 unspecified atom stereocenters. The van der Waals surface area contributed by atoms with E-state index in [2.05, 4.69) is 13.8 Å². The minimum absolute atomic E-state index is 0.0570. The fourth-order valence-corrected chi connectivity index (χ4v) is 6.88. The Morgan fingerprint density at radius 2 is 1.68 bits per heavy atom. The Morgan fingerprint density at radius 3 is 2.42 bits per heavy atom. The van der Waals surface area contributed by atoms with Crippen molar-refractivity contribution in [2.45, 2.75) is 83.5 Å². The number of ether oxygens (including phenoxy) is 6. The Bertz CT molecular complexity index is 1220. The molecule has 0 radical (unpaired) electrons. The van der Waals surface area contributed by atoms with E-state index in [1.165, 1.54) is 7.11 Å². The van der Waals surface area contributed by atoms with E-state index in [1.807, 2.05) is 6.92 Å². The van der Waals surface area contributed by atoms with Crippen LogP contribution in [-0.4, -0.2) is 43.2 Å². The van der Waals surface area contributed by atoms with Crippen molar-refractivity contribution in [3.05, 3.63) is 48.5 Å². The summed E-state index contributed by atoms with van der Waals surface area (Å²) in [5.74, 6) is 1.65. The SMILES string of the molecule is COc1ccccc1OC(=O)C(C)Oc1ccc(O[C@H]2O[C@@H]3O[C@]4(C)CC[C@H]5[C@H](C)CC[C@@H]([C@H]2C)[C@@]35OO4)cc1. The number of carbonyl (C=O) groups is 1. The third kappa shape index (κ3) is 4.72. The quantitative estimate of drug-likeness (QED) is 0.244. The maximum absolute atomic E-state index is 12.6. The molecule has 216 valence electrons. The van der Waals surface area contributed by atoms with Crippen LogP contribution in [0.1, 0.15) is 53.4 Å². The first-order chi connectivity index (χ1) is 19.2. The smallest absolute Gasteiger partial charge is 0.352 e. The van der Waals surface area contributed by atoms with Crippen molar-refractivity contribution in [2.24, 2.45) is 23.7 Å². The summed E-state index contributed by atoms with van der Waals surface area (Å²) in [7, 11) is 1.52. The Labute approximate surface area is 234 Å². The molecule has 40 heavy (non-hydrogen) atoms. The van der Waals surface area contributed by atoms with Gasteiger partial charge in [-0.2, -0.15) is 0 Å². The van der Waals surface area contributed by atoms with Gasteiger partial charge in [-0.3, -0.25) is 0 Å². The number of hydrogen-bond donors (Lipinski definition) is 0. The molecule has 2 bridgehead atoms. The van der Waals surface area contributed by atoms with Gasteiger partial charge in [0.15, 0.2) is 29.5 Å². The molecule has 4 heterocycles. The lowest BCUT2D eigenvalue weighted by Gasteiger charge is -2.60. The molecule has 1 spiro atoms. The average Bonchev–Trinajstić information content (AvgIpc) is 3.18. The van der Waals surface area contributed by atoms with E-state index in [4.69, 9.17) is 38.2 Å². The highest BCUT2D eigenvalue weighted by Crippen LogP contribution is 2.60. The second-order valence-corrected chi connectivity index (χ2v) is 11.7. The molecule has 7 rings (SSSR count). The number of esters is 1. The van der Waals surface area contributed by atoms with E-state index in [1.54, 1.807) is 55.5 Å². The van der Waals surface area contributed by atoms with Gasteiger partial charge < -0.3 is 28.4 Å². The molecule has 2 aromatic carbocycles. The summed E-state index contributed by atoms with van der Waals surface area (Å²) in [6.07, 6.45) is 1.97. The van der Waals surface area contributed by atoms with Crippen molar-refractivity contribution in [1.82, 2.24) is 0 Å².